The van der Waals surface area contributed by atoms with Gasteiger partial charge in [0.05, 0.1) is 11.9 Å². The number of rotatable bonds is 5. The Kier molecular flexibility index (Phi) is 5.72. The number of carbonyl (C=O) groups is 1. The smallest absolute Gasteiger partial charge is 0.271 e. The summed E-state index contributed by atoms with van der Waals surface area (Å²) in [6, 6.07) is 11.3. The van der Waals surface area contributed by atoms with Crippen LogP contribution in [0.1, 0.15) is 22.3 Å². The minimum Gasteiger partial charge on any atom is -0.506 e. The summed E-state index contributed by atoms with van der Waals surface area (Å²) in [7, 11) is 0. The molecule has 0 radical (unpaired) electrons. The van der Waals surface area contributed by atoms with Gasteiger partial charge >= 0.3 is 0 Å². The number of fused-ring (bicyclic) bond motifs is 1. The molecule has 4 N–H and O–H groups in total. The van der Waals surface area contributed by atoms with Gasteiger partial charge in [-0.1, -0.05) is 12.1 Å². The molecule has 4 rings (SSSR count). The second-order valence-corrected chi connectivity index (χ2v) is 7.37. The number of hydrogen-bond acceptors (Lipinski definition) is 4. The average molecular weight is 440 g/mol. The predicted octanol–water partition coefficient (Wildman–Crippen LogP) is 4.72. The number of allylic oxidation sites excluding steroid dienone is 4. The highest BCUT2D eigenvalue weighted by atomic mass is 19.2. The number of carbonyl (C=O) groups excluding carboxylic acids is 1. The highest BCUT2D eigenvalue weighted by Gasteiger charge is 2.26. The fourth-order valence-corrected chi connectivity index (χ4v) is 3.56. The van der Waals surface area contributed by atoms with Crippen molar-refractivity contribution in [2.45, 2.75) is 13.0 Å². The van der Waals surface area contributed by atoms with Gasteiger partial charge in [0.2, 0.25) is 0 Å². The lowest BCUT2D eigenvalue weighted by Crippen LogP contribution is -2.17. The SMILES string of the molecule is Nc1cc(C(=O)N/N=C/c2cccc3c2ccn3CC2CC=C(F)C(F)=C2F)ccc1O. The molecule has 6 nitrogen and oxygen atoms in total. The zero-order valence-electron chi connectivity index (χ0n) is 16.7. The quantitative estimate of drug-likeness (QED) is 0.232. The van der Waals surface area contributed by atoms with Crippen molar-refractivity contribution in [3.8, 4) is 5.75 Å². The molecule has 1 aliphatic rings. The second kappa shape index (κ2) is 8.62. The number of hydrogen-bond donors (Lipinski definition) is 3. The van der Waals surface area contributed by atoms with Gasteiger partial charge in [-0.2, -0.15) is 5.10 Å². The van der Waals surface area contributed by atoms with Crippen LogP contribution in [0.2, 0.25) is 0 Å². The largest absolute Gasteiger partial charge is 0.506 e. The first kappa shape index (κ1) is 21.2. The fourth-order valence-electron chi connectivity index (χ4n) is 3.56. The Bertz CT molecular complexity index is 1290. The van der Waals surface area contributed by atoms with E-state index in [0.29, 0.717) is 5.56 Å². The van der Waals surface area contributed by atoms with Crippen molar-refractivity contribution in [1.82, 2.24) is 9.99 Å². The summed E-state index contributed by atoms with van der Waals surface area (Å²) in [5.41, 5.74) is 9.76. The highest BCUT2D eigenvalue weighted by molar-refractivity contribution is 6.00. The summed E-state index contributed by atoms with van der Waals surface area (Å²) in [6.07, 6.45) is 4.32. The number of phenols is 1. The molecule has 0 spiro atoms. The fraction of sp³-hybridized carbons (Fsp3) is 0.130. The van der Waals surface area contributed by atoms with Gasteiger partial charge in [-0.15, -0.1) is 0 Å². The molecule has 32 heavy (non-hydrogen) atoms. The van der Waals surface area contributed by atoms with Gasteiger partial charge < -0.3 is 15.4 Å². The zero-order chi connectivity index (χ0) is 22.8. The van der Waals surface area contributed by atoms with E-state index in [1.165, 1.54) is 24.4 Å². The molecule has 9 heteroatoms. The molecule has 0 bridgehead atoms. The molecular weight excluding hydrogens is 421 g/mol. The molecule has 1 atom stereocenters. The summed E-state index contributed by atoms with van der Waals surface area (Å²) in [5, 5.41) is 14.2. The van der Waals surface area contributed by atoms with Gasteiger partial charge in [-0.05, 0) is 42.8 Å². The van der Waals surface area contributed by atoms with Gasteiger partial charge in [0, 0.05) is 40.7 Å². The molecule has 1 amide bonds. The van der Waals surface area contributed by atoms with E-state index in [9.17, 15) is 23.1 Å². The standard InChI is InChI=1S/C23H19F3N4O2/c24-17-6-4-15(21(25)22(17)26)12-30-9-8-16-14(2-1-3-19(16)30)11-28-29-23(32)13-5-7-20(31)18(27)10-13/h1-3,5-11,15,31H,4,12,27H2,(H,29,32)/b28-11+. The monoisotopic (exact) mass is 440 g/mol. The van der Waals surface area contributed by atoms with Gasteiger partial charge in [0.15, 0.2) is 11.7 Å². The van der Waals surface area contributed by atoms with Crippen LogP contribution in [0.4, 0.5) is 18.9 Å². The summed E-state index contributed by atoms with van der Waals surface area (Å²) >= 11 is 0. The molecule has 0 aliphatic heterocycles. The summed E-state index contributed by atoms with van der Waals surface area (Å²) in [5.74, 6) is -5.08. The number of nitrogens with one attached hydrogen (secondary N) is 1. The molecule has 1 aliphatic carbocycles. The van der Waals surface area contributed by atoms with Crippen LogP contribution in [0.5, 0.6) is 5.75 Å². The molecule has 0 fully saturated rings. The normalized spacial score (nSPS) is 16.6. The number of benzene rings is 2. The van der Waals surface area contributed by atoms with Crippen LogP contribution in [0.25, 0.3) is 10.9 Å². The van der Waals surface area contributed by atoms with E-state index >= 15 is 0 Å². The Labute approximate surface area is 181 Å². The third-order valence-electron chi connectivity index (χ3n) is 5.28. The molecule has 164 valence electrons. The van der Waals surface area contributed by atoms with Gasteiger partial charge in [0.25, 0.3) is 5.91 Å². The van der Waals surface area contributed by atoms with Crippen LogP contribution >= 0.6 is 0 Å². The van der Waals surface area contributed by atoms with E-state index in [1.54, 1.807) is 29.0 Å². The van der Waals surface area contributed by atoms with Crippen molar-refractivity contribution in [2.75, 3.05) is 5.73 Å². The number of hydrazone groups is 1. The van der Waals surface area contributed by atoms with Crippen molar-refractivity contribution in [3.05, 3.63) is 83.3 Å². The summed E-state index contributed by atoms with van der Waals surface area (Å²) < 4.78 is 42.7. The van der Waals surface area contributed by atoms with E-state index < -0.39 is 29.3 Å². The lowest BCUT2D eigenvalue weighted by Gasteiger charge is -2.19. The van der Waals surface area contributed by atoms with Crippen LogP contribution in [-0.4, -0.2) is 21.8 Å². The molecular formula is C23H19F3N4O2. The minimum atomic E-state index is -1.43. The molecule has 0 saturated carbocycles. The van der Waals surface area contributed by atoms with Crippen molar-refractivity contribution in [1.29, 1.82) is 0 Å². The third-order valence-corrected chi connectivity index (χ3v) is 5.28. The zero-order valence-corrected chi connectivity index (χ0v) is 16.7. The first-order valence-corrected chi connectivity index (χ1v) is 9.76. The third kappa shape index (κ3) is 4.09. The first-order chi connectivity index (χ1) is 15.3. The maximum atomic E-state index is 14.1. The second-order valence-electron chi connectivity index (χ2n) is 7.37. The van der Waals surface area contributed by atoms with Gasteiger partial charge in [0.1, 0.15) is 11.6 Å². The topological polar surface area (TPSA) is 92.6 Å². The molecule has 1 aromatic heterocycles. The molecule has 0 saturated heterocycles. The van der Waals surface area contributed by atoms with Crippen LogP contribution < -0.4 is 11.2 Å². The number of aromatic hydroxyl groups is 1. The lowest BCUT2D eigenvalue weighted by molar-refractivity contribution is 0.0955. The van der Waals surface area contributed by atoms with Crippen LogP contribution in [0.3, 0.4) is 0 Å². The molecule has 1 heterocycles. The Morgan fingerprint density at radius 1 is 1.25 bits per heavy atom. The number of phenolic OH excluding ortho intramolecular Hbond substituents is 1. The maximum absolute atomic E-state index is 14.1. The average Bonchev–Trinajstić information content (AvgIpc) is 3.19. The highest BCUT2D eigenvalue weighted by Crippen LogP contribution is 2.34. The maximum Gasteiger partial charge on any atom is 0.271 e. The number of aromatic nitrogens is 1. The van der Waals surface area contributed by atoms with Crippen LogP contribution in [0, 0.1) is 5.92 Å². The Morgan fingerprint density at radius 2 is 2.06 bits per heavy atom. The number of anilines is 1. The van der Waals surface area contributed by atoms with E-state index in [0.717, 1.165) is 17.0 Å². The van der Waals surface area contributed by atoms with Gasteiger partial charge in [-0.3, -0.25) is 4.79 Å². The number of nitrogens with zero attached hydrogens (tertiary/aromatic N) is 2. The van der Waals surface area contributed by atoms with Crippen molar-refractivity contribution >= 4 is 28.7 Å². The number of nitrogen functional groups attached to an aromatic ring is 1. The molecule has 3 aromatic rings. The Morgan fingerprint density at radius 3 is 2.84 bits per heavy atom. The Hall–Kier alpha value is -4.01. The predicted molar refractivity (Wildman–Crippen MR) is 116 cm³/mol. The number of amides is 1. The Balaban J connectivity index is 1.51. The van der Waals surface area contributed by atoms with Crippen molar-refractivity contribution in [2.24, 2.45) is 11.0 Å². The van der Waals surface area contributed by atoms with E-state index in [2.05, 4.69) is 10.5 Å². The summed E-state index contributed by atoms with van der Waals surface area (Å²) in [4.78, 5) is 12.2. The minimum absolute atomic E-state index is 0.0692. The first-order valence-electron chi connectivity index (χ1n) is 9.76. The van der Waals surface area contributed by atoms with Crippen LogP contribution in [-0.2, 0) is 6.54 Å². The molecule has 2 aromatic carbocycles. The number of halogens is 3. The van der Waals surface area contributed by atoms with Crippen molar-refractivity contribution < 1.29 is 23.1 Å². The van der Waals surface area contributed by atoms with E-state index in [-0.39, 0.29) is 30.0 Å². The van der Waals surface area contributed by atoms with Crippen molar-refractivity contribution in [3.63, 3.8) is 0 Å². The molecule has 1 unspecified atom stereocenters. The van der Waals surface area contributed by atoms with E-state index in [1.807, 2.05) is 6.07 Å². The number of nitrogens with two attached hydrogens (primary N) is 1. The summed E-state index contributed by atoms with van der Waals surface area (Å²) in [6.45, 7) is 0.145. The van der Waals surface area contributed by atoms with E-state index in [4.69, 9.17) is 5.73 Å². The van der Waals surface area contributed by atoms with Gasteiger partial charge in [-0.25, -0.2) is 18.6 Å². The van der Waals surface area contributed by atoms with Crippen LogP contribution in [0.15, 0.2) is 77.3 Å². The lowest BCUT2D eigenvalue weighted by atomic mass is 9.98.